The normalized spacial score (nSPS) is 12.4. The molecule has 0 N–H and O–H groups in total. The summed E-state index contributed by atoms with van der Waals surface area (Å²) in [5.41, 5.74) is 11.3. The Bertz CT molecular complexity index is 3380. The lowest BCUT2D eigenvalue weighted by atomic mass is 9.96. The van der Waals surface area contributed by atoms with E-state index in [1.165, 1.54) is 10.8 Å². The zero-order chi connectivity index (χ0) is 32.5. The number of rotatable bonds is 2. The topological polar surface area (TPSA) is 52.6 Å². The molecule has 0 aliphatic rings. The van der Waals surface area contributed by atoms with Crippen LogP contribution < -0.4 is 0 Å². The maximum absolute atomic E-state index is 6.41. The molecule has 0 amide bonds. The van der Waals surface area contributed by atoms with E-state index in [2.05, 4.69) is 115 Å². The summed E-state index contributed by atoms with van der Waals surface area (Å²) in [6, 6.07) is 51.0. The van der Waals surface area contributed by atoms with Crippen molar-refractivity contribution in [3.05, 3.63) is 146 Å². The van der Waals surface area contributed by atoms with Crippen molar-refractivity contribution in [2.75, 3.05) is 0 Å². The van der Waals surface area contributed by atoms with Crippen LogP contribution in [0.4, 0.5) is 0 Å². The molecule has 0 unspecified atom stereocenters. The molecular formula is C46H24O4. The molecule has 8 aromatic carbocycles. The largest absolute Gasteiger partial charge is 0.456 e. The summed E-state index contributed by atoms with van der Waals surface area (Å²) >= 11 is 0. The number of hydrogen-bond donors (Lipinski definition) is 0. The van der Waals surface area contributed by atoms with Crippen LogP contribution in [0.1, 0.15) is 0 Å². The van der Waals surface area contributed by atoms with Crippen LogP contribution in [0.5, 0.6) is 0 Å². The van der Waals surface area contributed by atoms with Gasteiger partial charge >= 0.3 is 0 Å². The summed E-state index contributed by atoms with van der Waals surface area (Å²) in [5.74, 6) is 0. The molecular weight excluding hydrogens is 617 g/mol. The lowest BCUT2D eigenvalue weighted by molar-refractivity contribution is 0.633. The van der Waals surface area contributed by atoms with Gasteiger partial charge in [0.2, 0.25) is 0 Å². The maximum atomic E-state index is 6.41. The van der Waals surface area contributed by atoms with Crippen molar-refractivity contribution < 1.29 is 17.7 Å². The summed E-state index contributed by atoms with van der Waals surface area (Å²) in [5, 5.41) is 11.0. The molecule has 4 heteroatoms. The average molecular weight is 641 g/mol. The van der Waals surface area contributed by atoms with Gasteiger partial charge in [0.25, 0.3) is 0 Å². The number of para-hydroxylation sites is 2. The SMILES string of the molecule is c1ccc2c(c1)oc1c2ccc2c3cc(-c4ccc5ccc(-c6ccc7oc8ccc9c%10ccccc%10oc9c8c7c6)cc5c4)ccc3oc21. The molecule has 0 saturated heterocycles. The molecule has 50 heavy (non-hydrogen) atoms. The predicted octanol–water partition coefficient (Wildman–Crippen LogP) is 13.8. The summed E-state index contributed by atoms with van der Waals surface area (Å²) in [7, 11) is 0. The van der Waals surface area contributed by atoms with Gasteiger partial charge in [0.1, 0.15) is 33.5 Å². The molecule has 4 heterocycles. The van der Waals surface area contributed by atoms with E-state index in [0.717, 1.165) is 110 Å². The first-order valence-corrected chi connectivity index (χ1v) is 16.8. The lowest BCUT2D eigenvalue weighted by Gasteiger charge is -2.08. The van der Waals surface area contributed by atoms with Crippen molar-refractivity contribution in [2.24, 2.45) is 0 Å². The number of furan rings is 4. The number of fused-ring (bicyclic) bond motifs is 15. The third-order valence-corrected chi connectivity index (χ3v) is 10.5. The molecule has 12 rings (SSSR count). The average Bonchev–Trinajstić information content (AvgIpc) is 3.93. The van der Waals surface area contributed by atoms with E-state index in [9.17, 15) is 0 Å². The van der Waals surface area contributed by atoms with E-state index < -0.39 is 0 Å². The molecule has 0 aliphatic heterocycles. The Kier molecular flexibility index (Phi) is 4.94. The van der Waals surface area contributed by atoms with Crippen LogP contribution in [0.2, 0.25) is 0 Å². The first-order valence-electron chi connectivity index (χ1n) is 16.8. The molecule has 0 spiro atoms. The Morgan fingerprint density at radius 2 is 0.720 bits per heavy atom. The molecule has 4 nitrogen and oxygen atoms in total. The zero-order valence-corrected chi connectivity index (χ0v) is 26.5. The second kappa shape index (κ2) is 9.43. The van der Waals surface area contributed by atoms with Gasteiger partial charge in [-0.3, -0.25) is 0 Å². The second-order valence-electron chi connectivity index (χ2n) is 13.2. The van der Waals surface area contributed by atoms with Crippen molar-refractivity contribution in [1.82, 2.24) is 0 Å². The van der Waals surface area contributed by atoms with Gasteiger partial charge in [0, 0.05) is 37.7 Å². The predicted molar refractivity (Wildman–Crippen MR) is 204 cm³/mol. The third-order valence-electron chi connectivity index (χ3n) is 10.5. The molecule has 0 bridgehead atoms. The molecule has 0 fully saturated rings. The smallest absolute Gasteiger partial charge is 0.178 e. The third kappa shape index (κ3) is 3.54. The summed E-state index contributed by atoms with van der Waals surface area (Å²) in [6.07, 6.45) is 0. The van der Waals surface area contributed by atoms with E-state index in [0.29, 0.717) is 0 Å². The van der Waals surface area contributed by atoms with E-state index in [1.54, 1.807) is 0 Å². The Morgan fingerprint density at radius 1 is 0.260 bits per heavy atom. The van der Waals surface area contributed by atoms with Crippen LogP contribution in [0, 0.1) is 0 Å². The molecule has 0 radical (unpaired) electrons. The van der Waals surface area contributed by atoms with Crippen molar-refractivity contribution in [3.63, 3.8) is 0 Å². The van der Waals surface area contributed by atoms with Crippen molar-refractivity contribution in [2.45, 2.75) is 0 Å². The van der Waals surface area contributed by atoms with Gasteiger partial charge < -0.3 is 17.7 Å². The maximum Gasteiger partial charge on any atom is 0.178 e. The van der Waals surface area contributed by atoms with Gasteiger partial charge in [-0.1, -0.05) is 72.8 Å². The minimum atomic E-state index is 0.789. The highest BCUT2D eigenvalue weighted by Gasteiger charge is 2.18. The van der Waals surface area contributed by atoms with E-state index in [4.69, 9.17) is 17.7 Å². The Morgan fingerprint density at radius 3 is 1.40 bits per heavy atom. The number of benzene rings is 8. The van der Waals surface area contributed by atoms with Crippen molar-refractivity contribution in [1.29, 1.82) is 0 Å². The Labute approximate surface area is 283 Å². The van der Waals surface area contributed by atoms with E-state index in [-0.39, 0.29) is 0 Å². The fourth-order valence-corrected chi connectivity index (χ4v) is 8.03. The minimum Gasteiger partial charge on any atom is -0.456 e. The highest BCUT2D eigenvalue weighted by atomic mass is 16.4. The quantitative estimate of drug-likeness (QED) is 0.189. The Balaban J connectivity index is 0.981. The van der Waals surface area contributed by atoms with Gasteiger partial charge in [0.15, 0.2) is 11.2 Å². The van der Waals surface area contributed by atoms with Gasteiger partial charge in [-0.25, -0.2) is 0 Å². The summed E-state index contributed by atoms with van der Waals surface area (Å²) in [6.45, 7) is 0. The van der Waals surface area contributed by atoms with Gasteiger partial charge in [-0.05, 0) is 106 Å². The van der Waals surface area contributed by atoms with Crippen LogP contribution in [-0.2, 0) is 0 Å². The second-order valence-corrected chi connectivity index (χ2v) is 13.2. The first-order chi connectivity index (χ1) is 24.7. The van der Waals surface area contributed by atoms with Crippen LogP contribution in [0.15, 0.2) is 163 Å². The van der Waals surface area contributed by atoms with E-state index >= 15 is 0 Å². The number of hydrogen-bond acceptors (Lipinski definition) is 4. The minimum absolute atomic E-state index is 0.789. The molecule has 4 aromatic heterocycles. The van der Waals surface area contributed by atoms with Gasteiger partial charge in [-0.15, -0.1) is 0 Å². The molecule has 232 valence electrons. The molecule has 0 atom stereocenters. The van der Waals surface area contributed by atoms with Crippen LogP contribution in [0.3, 0.4) is 0 Å². The molecule has 12 aromatic rings. The van der Waals surface area contributed by atoms with Crippen LogP contribution in [-0.4, -0.2) is 0 Å². The monoisotopic (exact) mass is 640 g/mol. The standard InChI is InChI=1S/C46H24O4/c1-3-7-38-31(5-1)33-17-20-42-43(44(33)48-38)37-24-29(14-19-41(37)47-42)27-12-10-25-9-11-26(21-30(25)22-27)28-13-18-40-36(23-28)35-16-15-34-32-6-2-4-8-39(32)49-45(34)46(35)50-40/h1-24H. The van der Waals surface area contributed by atoms with Gasteiger partial charge in [-0.2, -0.15) is 0 Å². The summed E-state index contributed by atoms with van der Waals surface area (Å²) < 4.78 is 25.4. The van der Waals surface area contributed by atoms with Crippen LogP contribution >= 0.6 is 0 Å². The fraction of sp³-hybridized carbons (Fsp3) is 0. The highest BCUT2D eigenvalue weighted by molar-refractivity contribution is 6.22. The van der Waals surface area contributed by atoms with Crippen molar-refractivity contribution >= 4 is 98.5 Å². The van der Waals surface area contributed by atoms with Crippen LogP contribution in [0.25, 0.3) is 121 Å². The first kappa shape index (κ1) is 26.2. The lowest BCUT2D eigenvalue weighted by Crippen LogP contribution is -1.82. The fourth-order valence-electron chi connectivity index (χ4n) is 8.03. The van der Waals surface area contributed by atoms with Gasteiger partial charge in [0.05, 0.1) is 5.39 Å². The molecule has 0 aliphatic carbocycles. The highest BCUT2D eigenvalue weighted by Crippen LogP contribution is 2.42. The summed E-state index contributed by atoms with van der Waals surface area (Å²) in [4.78, 5) is 0. The zero-order valence-electron chi connectivity index (χ0n) is 26.5. The Hall–Kier alpha value is -6.78. The van der Waals surface area contributed by atoms with E-state index in [1.807, 2.05) is 30.3 Å². The van der Waals surface area contributed by atoms with Crippen molar-refractivity contribution in [3.8, 4) is 22.3 Å². The molecule has 0 saturated carbocycles.